The fraction of sp³-hybridized carbons (Fsp3) is 0.400. The molecule has 2 aliphatic rings. The number of nitrogens with zero attached hydrogens (tertiary/aromatic N) is 6. The largest absolute Gasteiger partial charge is 0.378 e. The summed E-state index contributed by atoms with van der Waals surface area (Å²) in [5, 5.41) is 12.2. The molecular formula is C25H27ClFN7O2. The highest BCUT2D eigenvalue weighted by molar-refractivity contribution is 6.31. The number of benzene rings is 1. The first-order chi connectivity index (χ1) is 17.5. The monoisotopic (exact) mass is 511 g/mol. The quantitative estimate of drug-likeness (QED) is 0.423. The van der Waals surface area contributed by atoms with Gasteiger partial charge in [-0.15, -0.1) is 5.11 Å². The highest BCUT2D eigenvalue weighted by atomic mass is 35.5. The van der Waals surface area contributed by atoms with Crippen molar-refractivity contribution in [2.24, 2.45) is 10.2 Å². The van der Waals surface area contributed by atoms with Crippen LogP contribution in [0.4, 0.5) is 27.5 Å². The Hall–Kier alpha value is -3.21. The average Bonchev–Trinajstić information content (AvgIpc) is 3.32. The van der Waals surface area contributed by atoms with Crippen LogP contribution in [0.1, 0.15) is 30.5 Å². The average molecular weight is 512 g/mol. The van der Waals surface area contributed by atoms with Gasteiger partial charge in [0.15, 0.2) is 11.6 Å². The molecule has 2 aromatic heterocycles. The summed E-state index contributed by atoms with van der Waals surface area (Å²) in [7, 11) is 0. The van der Waals surface area contributed by atoms with E-state index in [4.69, 9.17) is 21.1 Å². The number of halogens is 2. The van der Waals surface area contributed by atoms with E-state index >= 15 is 0 Å². The topological polar surface area (TPSA) is 97.1 Å². The molecule has 2 fully saturated rings. The SMILES string of the molecule is CC1OCCC1c1cc(Cl)cc(Nc2ccc(CN=Nc3ncc(F)c(N4CCOCC4)n3)nc2)c1. The van der Waals surface area contributed by atoms with Crippen molar-refractivity contribution in [1.29, 1.82) is 0 Å². The molecule has 2 unspecified atom stereocenters. The van der Waals surface area contributed by atoms with Crippen LogP contribution in [0.25, 0.3) is 0 Å². The van der Waals surface area contributed by atoms with Gasteiger partial charge in [0.2, 0.25) is 0 Å². The van der Waals surface area contributed by atoms with Gasteiger partial charge in [0.05, 0.1) is 43.1 Å². The van der Waals surface area contributed by atoms with Crippen LogP contribution >= 0.6 is 11.6 Å². The standard InChI is InChI=1S/C25H27ClFN7O2/c1-16-22(4-7-36-16)17-10-18(26)12-21(11-17)31-20-3-2-19(28-13-20)14-30-33-25-29-15-23(27)24(32-25)34-5-8-35-9-6-34/h2-3,10-13,15-16,22,31H,4-9,14H2,1H3. The van der Waals surface area contributed by atoms with Crippen molar-refractivity contribution in [2.45, 2.75) is 31.9 Å². The van der Waals surface area contributed by atoms with E-state index in [-0.39, 0.29) is 24.4 Å². The highest BCUT2D eigenvalue weighted by Gasteiger charge is 2.26. The molecule has 2 aliphatic heterocycles. The van der Waals surface area contributed by atoms with Crippen molar-refractivity contribution in [2.75, 3.05) is 43.1 Å². The third kappa shape index (κ3) is 5.95. The molecule has 2 atom stereocenters. The summed E-state index contributed by atoms with van der Waals surface area (Å²) in [5.41, 5.74) is 3.62. The molecular weight excluding hydrogens is 485 g/mol. The lowest BCUT2D eigenvalue weighted by Gasteiger charge is -2.27. The second kappa shape index (κ2) is 11.2. The van der Waals surface area contributed by atoms with Crippen molar-refractivity contribution in [3.63, 3.8) is 0 Å². The third-order valence-corrected chi connectivity index (χ3v) is 6.47. The number of hydrogen-bond donors (Lipinski definition) is 1. The molecule has 0 saturated carbocycles. The minimum absolute atomic E-state index is 0.106. The zero-order valence-electron chi connectivity index (χ0n) is 19.9. The molecule has 9 nitrogen and oxygen atoms in total. The minimum atomic E-state index is -0.487. The summed E-state index contributed by atoms with van der Waals surface area (Å²) in [6.07, 6.45) is 4.02. The van der Waals surface area contributed by atoms with Crippen LogP contribution in [0.2, 0.25) is 5.02 Å². The van der Waals surface area contributed by atoms with Gasteiger partial charge in [-0.1, -0.05) is 11.6 Å². The lowest BCUT2D eigenvalue weighted by atomic mass is 9.93. The molecule has 3 aromatic rings. The van der Waals surface area contributed by atoms with Crippen LogP contribution in [0.3, 0.4) is 0 Å². The first-order valence-corrected chi connectivity index (χ1v) is 12.3. The first kappa shape index (κ1) is 24.5. The van der Waals surface area contributed by atoms with Gasteiger partial charge in [0.25, 0.3) is 5.95 Å². The lowest BCUT2D eigenvalue weighted by molar-refractivity contribution is 0.118. The fourth-order valence-corrected chi connectivity index (χ4v) is 4.64. The summed E-state index contributed by atoms with van der Waals surface area (Å²) < 4.78 is 25.2. The molecule has 188 valence electrons. The summed E-state index contributed by atoms with van der Waals surface area (Å²) in [5.74, 6) is 0.175. The van der Waals surface area contributed by atoms with E-state index in [1.807, 2.05) is 29.2 Å². The van der Waals surface area contributed by atoms with E-state index < -0.39 is 5.82 Å². The molecule has 2 saturated heterocycles. The second-order valence-electron chi connectivity index (χ2n) is 8.75. The Morgan fingerprint density at radius 3 is 2.72 bits per heavy atom. The maximum absolute atomic E-state index is 14.2. The summed E-state index contributed by atoms with van der Waals surface area (Å²) >= 11 is 6.38. The molecule has 11 heteroatoms. The van der Waals surface area contributed by atoms with Crippen LogP contribution in [-0.2, 0) is 16.0 Å². The molecule has 36 heavy (non-hydrogen) atoms. The normalized spacial score (nSPS) is 20.2. The van der Waals surface area contributed by atoms with Crippen molar-refractivity contribution in [3.8, 4) is 0 Å². The third-order valence-electron chi connectivity index (χ3n) is 6.25. The molecule has 0 aliphatic carbocycles. The van der Waals surface area contributed by atoms with E-state index in [0.29, 0.717) is 37.2 Å². The van der Waals surface area contributed by atoms with Crippen molar-refractivity contribution >= 4 is 34.7 Å². The Balaban J connectivity index is 1.21. The van der Waals surface area contributed by atoms with Crippen LogP contribution in [0.15, 0.2) is 53.0 Å². The Morgan fingerprint density at radius 1 is 1.11 bits per heavy atom. The summed E-state index contributed by atoms with van der Waals surface area (Å²) in [6.45, 7) is 5.31. The summed E-state index contributed by atoms with van der Waals surface area (Å²) in [6, 6.07) is 9.79. The number of rotatable bonds is 7. The molecule has 0 spiro atoms. The number of pyridine rings is 1. The Bertz CT molecular complexity index is 1220. The number of aromatic nitrogens is 3. The summed E-state index contributed by atoms with van der Waals surface area (Å²) in [4.78, 5) is 14.4. The number of hydrogen-bond acceptors (Lipinski definition) is 9. The van der Waals surface area contributed by atoms with Gasteiger partial charge in [-0.2, -0.15) is 10.1 Å². The van der Waals surface area contributed by atoms with Gasteiger partial charge in [-0.25, -0.2) is 9.37 Å². The van der Waals surface area contributed by atoms with Crippen molar-refractivity contribution < 1.29 is 13.9 Å². The number of anilines is 3. The zero-order valence-corrected chi connectivity index (χ0v) is 20.7. The van der Waals surface area contributed by atoms with Gasteiger partial charge in [0.1, 0.15) is 6.54 Å². The number of azo groups is 1. The molecule has 1 aromatic carbocycles. The lowest BCUT2D eigenvalue weighted by Crippen LogP contribution is -2.37. The molecule has 1 N–H and O–H groups in total. The predicted molar refractivity (Wildman–Crippen MR) is 135 cm³/mol. The molecule has 4 heterocycles. The Kier molecular flexibility index (Phi) is 7.64. The van der Waals surface area contributed by atoms with Gasteiger partial charge in [0, 0.05) is 36.3 Å². The van der Waals surface area contributed by atoms with Crippen LogP contribution in [0, 0.1) is 5.82 Å². The van der Waals surface area contributed by atoms with Crippen molar-refractivity contribution in [1.82, 2.24) is 15.0 Å². The second-order valence-corrected chi connectivity index (χ2v) is 9.18. The van der Waals surface area contributed by atoms with Gasteiger partial charge in [-0.3, -0.25) is 4.98 Å². The molecule has 0 amide bonds. The zero-order chi connectivity index (χ0) is 24.9. The van der Waals surface area contributed by atoms with E-state index in [1.54, 1.807) is 6.20 Å². The van der Waals surface area contributed by atoms with E-state index in [0.717, 1.165) is 36.3 Å². The number of morpholine rings is 1. The van der Waals surface area contributed by atoms with E-state index in [1.165, 1.54) is 5.56 Å². The van der Waals surface area contributed by atoms with E-state index in [9.17, 15) is 4.39 Å². The van der Waals surface area contributed by atoms with Crippen LogP contribution in [0.5, 0.6) is 0 Å². The maximum Gasteiger partial charge on any atom is 0.270 e. The molecule has 0 radical (unpaired) electrons. The van der Waals surface area contributed by atoms with Crippen molar-refractivity contribution in [3.05, 3.63) is 64.8 Å². The molecule has 5 rings (SSSR count). The Labute approximate surface area is 213 Å². The van der Waals surface area contributed by atoms with E-state index in [2.05, 4.69) is 43.5 Å². The van der Waals surface area contributed by atoms with Crippen LogP contribution < -0.4 is 10.2 Å². The van der Waals surface area contributed by atoms with Crippen LogP contribution in [-0.4, -0.2) is 54.0 Å². The number of nitrogens with one attached hydrogen (secondary N) is 1. The Morgan fingerprint density at radius 2 is 1.97 bits per heavy atom. The fourth-order valence-electron chi connectivity index (χ4n) is 4.39. The predicted octanol–water partition coefficient (Wildman–Crippen LogP) is 5.42. The van der Waals surface area contributed by atoms with Gasteiger partial charge >= 0.3 is 0 Å². The number of ether oxygens (including phenoxy) is 2. The highest BCUT2D eigenvalue weighted by Crippen LogP contribution is 2.34. The minimum Gasteiger partial charge on any atom is -0.378 e. The molecule has 0 bridgehead atoms. The smallest absolute Gasteiger partial charge is 0.270 e. The van der Waals surface area contributed by atoms with Gasteiger partial charge < -0.3 is 19.7 Å². The first-order valence-electron chi connectivity index (χ1n) is 11.9. The van der Waals surface area contributed by atoms with Gasteiger partial charge in [-0.05, 0) is 49.2 Å². The maximum atomic E-state index is 14.2.